The minimum absolute atomic E-state index is 0.213. The smallest absolute Gasteiger partial charge is 0.338 e. The fraction of sp³-hybridized carbons (Fsp3) is 0.312. The summed E-state index contributed by atoms with van der Waals surface area (Å²) in [5.41, 5.74) is 1.89. The van der Waals surface area contributed by atoms with Crippen LogP contribution < -0.4 is 10.2 Å². The Kier molecular flexibility index (Phi) is 5.00. The second-order valence-electron chi connectivity index (χ2n) is 5.31. The molecule has 7 heteroatoms. The van der Waals surface area contributed by atoms with Crippen molar-refractivity contribution in [2.75, 3.05) is 24.3 Å². The van der Waals surface area contributed by atoms with Gasteiger partial charge in [0.15, 0.2) is 6.10 Å². The van der Waals surface area contributed by atoms with Gasteiger partial charge in [0.05, 0.1) is 11.3 Å². The predicted molar refractivity (Wildman–Crippen MR) is 85.5 cm³/mol. The quantitative estimate of drug-likeness (QED) is 0.851. The molecule has 0 fully saturated rings. The van der Waals surface area contributed by atoms with Gasteiger partial charge < -0.3 is 14.2 Å². The van der Waals surface area contributed by atoms with E-state index in [4.69, 9.17) is 9.26 Å². The van der Waals surface area contributed by atoms with Crippen LogP contribution in [0, 0.1) is 6.92 Å². The standard InChI is InChI=1S/C16H19N3O4/c1-10-8-14(23-18-10)17-15(20)11(2)22-16(21)12-6-5-7-13(9-12)19(3)4/h5-9,11H,1-4H3,(H,17,20)/t11-/m1/s1. The average molecular weight is 317 g/mol. The Labute approximate surface area is 134 Å². The minimum Gasteiger partial charge on any atom is -0.449 e. The maximum atomic E-state index is 12.1. The van der Waals surface area contributed by atoms with E-state index in [1.54, 1.807) is 31.2 Å². The van der Waals surface area contributed by atoms with Crippen molar-refractivity contribution in [3.63, 3.8) is 0 Å². The number of ether oxygens (including phenoxy) is 1. The highest BCUT2D eigenvalue weighted by molar-refractivity contribution is 5.97. The van der Waals surface area contributed by atoms with E-state index in [0.29, 0.717) is 11.3 Å². The summed E-state index contributed by atoms with van der Waals surface area (Å²) in [7, 11) is 3.75. The van der Waals surface area contributed by atoms with E-state index in [1.807, 2.05) is 25.1 Å². The molecule has 2 rings (SSSR count). The third kappa shape index (κ3) is 4.32. The molecule has 0 bridgehead atoms. The molecular formula is C16H19N3O4. The Bertz CT molecular complexity index is 709. The number of nitrogens with zero attached hydrogens (tertiary/aromatic N) is 2. The predicted octanol–water partition coefficient (Wildman–Crippen LogP) is 2.23. The van der Waals surface area contributed by atoms with Crippen molar-refractivity contribution in [2.24, 2.45) is 0 Å². The number of hydrogen-bond acceptors (Lipinski definition) is 6. The first-order valence-corrected chi connectivity index (χ1v) is 7.09. The molecule has 1 atom stereocenters. The summed E-state index contributed by atoms with van der Waals surface area (Å²) in [6.07, 6.45) is -0.962. The fourth-order valence-electron chi connectivity index (χ4n) is 1.84. The number of rotatable bonds is 5. The molecule has 0 saturated heterocycles. The minimum atomic E-state index is -0.962. The molecule has 0 aliphatic rings. The van der Waals surface area contributed by atoms with E-state index in [1.165, 1.54) is 6.92 Å². The van der Waals surface area contributed by atoms with Crippen LogP contribution in [-0.2, 0) is 9.53 Å². The number of hydrogen-bond donors (Lipinski definition) is 1. The van der Waals surface area contributed by atoms with Crippen LogP contribution in [-0.4, -0.2) is 37.2 Å². The van der Waals surface area contributed by atoms with Gasteiger partial charge in [-0.05, 0) is 32.0 Å². The van der Waals surface area contributed by atoms with E-state index in [2.05, 4.69) is 10.5 Å². The van der Waals surface area contributed by atoms with E-state index >= 15 is 0 Å². The molecule has 1 heterocycles. The summed E-state index contributed by atoms with van der Waals surface area (Å²) in [5, 5.41) is 6.16. The normalized spacial score (nSPS) is 11.7. The Morgan fingerprint density at radius 1 is 1.30 bits per heavy atom. The second kappa shape index (κ2) is 6.95. The highest BCUT2D eigenvalue weighted by atomic mass is 16.5. The van der Waals surface area contributed by atoms with Crippen LogP contribution in [0.4, 0.5) is 11.6 Å². The number of benzene rings is 1. The maximum absolute atomic E-state index is 12.1. The lowest BCUT2D eigenvalue weighted by molar-refractivity contribution is -0.123. The van der Waals surface area contributed by atoms with Crippen molar-refractivity contribution in [3.05, 3.63) is 41.6 Å². The van der Waals surface area contributed by atoms with Crippen molar-refractivity contribution in [2.45, 2.75) is 20.0 Å². The van der Waals surface area contributed by atoms with Crippen LogP contribution in [0.25, 0.3) is 0 Å². The molecule has 23 heavy (non-hydrogen) atoms. The van der Waals surface area contributed by atoms with Crippen molar-refractivity contribution >= 4 is 23.4 Å². The number of amides is 1. The molecule has 0 spiro atoms. The van der Waals surface area contributed by atoms with Crippen LogP contribution in [0.1, 0.15) is 23.0 Å². The number of aromatic nitrogens is 1. The topological polar surface area (TPSA) is 84.7 Å². The Hall–Kier alpha value is -2.83. The Morgan fingerprint density at radius 2 is 2.04 bits per heavy atom. The Balaban J connectivity index is 1.98. The number of aryl methyl sites for hydroxylation is 1. The summed E-state index contributed by atoms with van der Waals surface area (Å²) >= 11 is 0. The Morgan fingerprint density at radius 3 is 2.65 bits per heavy atom. The molecule has 0 aliphatic heterocycles. The van der Waals surface area contributed by atoms with Gasteiger partial charge in [0.1, 0.15) is 0 Å². The zero-order valence-corrected chi connectivity index (χ0v) is 13.5. The molecular weight excluding hydrogens is 298 g/mol. The summed E-state index contributed by atoms with van der Waals surface area (Å²) < 4.78 is 10.1. The van der Waals surface area contributed by atoms with Gasteiger partial charge in [0, 0.05) is 25.8 Å². The number of nitrogens with one attached hydrogen (secondary N) is 1. The molecule has 1 N–H and O–H groups in total. The third-order valence-corrected chi connectivity index (χ3v) is 3.13. The lowest BCUT2D eigenvalue weighted by Crippen LogP contribution is -2.29. The van der Waals surface area contributed by atoms with Gasteiger partial charge in [-0.15, -0.1) is 0 Å². The first kappa shape index (κ1) is 16.5. The SMILES string of the molecule is Cc1cc(NC(=O)[C@@H](C)OC(=O)c2cccc(N(C)C)c2)on1. The van der Waals surface area contributed by atoms with Gasteiger partial charge in [-0.3, -0.25) is 10.1 Å². The highest BCUT2D eigenvalue weighted by Gasteiger charge is 2.20. The molecule has 0 saturated carbocycles. The molecule has 122 valence electrons. The van der Waals surface area contributed by atoms with Crippen molar-refractivity contribution in [3.8, 4) is 0 Å². The first-order chi connectivity index (χ1) is 10.9. The zero-order chi connectivity index (χ0) is 17.0. The summed E-state index contributed by atoms with van der Waals surface area (Å²) in [4.78, 5) is 26.0. The summed E-state index contributed by atoms with van der Waals surface area (Å²) in [5.74, 6) is -0.839. The number of carbonyl (C=O) groups is 2. The van der Waals surface area contributed by atoms with Crippen molar-refractivity contribution < 1.29 is 18.8 Å². The molecule has 2 aromatic rings. The van der Waals surface area contributed by atoms with Gasteiger partial charge in [-0.25, -0.2) is 4.79 Å². The van der Waals surface area contributed by atoms with Crippen LogP contribution in [0.2, 0.25) is 0 Å². The van der Waals surface area contributed by atoms with E-state index in [9.17, 15) is 9.59 Å². The van der Waals surface area contributed by atoms with E-state index in [-0.39, 0.29) is 5.88 Å². The van der Waals surface area contributed by atoms with E-state index in [0.717, 1.165) is 5.69 Å². The molecule has 1 aromatic carbocycles. The van der Waals surface area contributed by atoms with Crippen LogP contribution in [0.5, 0.6) is 0 Å². The largest absolute Gasteiger partial charge is 0.449 e. The molecule has 0 radical (unpaired) electrons. The molecule has 1 amide bonds. The number of carbonyl (C=O) groups excluding carboxylic acids is 2. The van der Waals surface area contributed by atoms with E-state index < -0.39 is 18.0 Å². The summed E-state index contributed by atoms with van der Waals surface area (Å²) in [6.45, 7) is 3.23. The monoisotopic (exact) mass is 317 g/mol. The second-order valence-corrected chi connectivity index (χ2v) is 5.31. The van der Waals surface area contributed by atoms with Crippen LogP contribution in [0.3, 0.4) is 0 Å². The van der Waals surface area contributed by atoms with Crippen molar-refractivity contribution in [1.82, 2.24) is 5.16 Å². The number of esters is 1. The van der Waals surface area contributed by atoms with Crippen molar-refractivity contribution in [1.29, 1.82) is 0 Å². The first-order valence-electron chi connectivity index (χ1n) is 7.09. The van der Waals surface area contributed by atoms with Gasteiger partial charge in [-0.1, -0.05) is 11.2 Å². The molecule has 0 unspecified atom stereocenters. The highest BCUT2D eigenvalue weighted by Crippen LogP contribution is 2.15. The van der Waals surface area contributed by atoms with Gasteiger partial charge in [0.2, 0.25) is 5.88 Å². The zero-order valence-electron chi connectivity index (χ0n) is 13.5. The van der Waals surface area contributed by atoms with Gasteiger partial charge in [0.25, 0.3) is 5.91 Å². The molecule has 7 nitrogen and oxygen atoms in total. The lowest BCUT2D eigenvalue weighted by Gasteiger charge is -2.15. The maximum Gasteiger partial charge on any atom is 0.338 e. The van der Waals surface area contributed by atoms with Gasteiger partial charge >= 0.3 is 5.97 Å². The van der Waals surface area contributed by atoms with Crippen LogP contribution in [0.15, 0.2) is 34.9 Å². The number of anilines is 2. The molecule has 0 aliphatic carbocycles. The molecule has 1 aromatic heterocycles. The van der Waals surface area contributed by atoms with Crippen LogP contribution >= 0.6 is 0 Å². The lowest BCUT2D eigenvalue weighted by atomic mass is 10.2. The van der Waals surface area contributed by atoms with Gasteiger partial charge in [-0.2, -0.15) is 0 Å². The fourth-order valence-corrected chi connectivity index (χ4v) is 1.84. The third-order valence-electron chi connectivity index (χ3n) is 3.13. The average Bonchev–Trinajstić information content (AvgIpc) is 2.92. The summed E-state index contributed by atoms with van der Waals surface area (Å²) in [6, 6.07) is 8.55.